The molecule has 0 aromatic carbocycles. The second kappa shape index (κ2) is 6.04. The van der Waals surface area contributed by atoms with Gasteiger partial charge in [-0.05, 0) is 73.5 Å². The minimum atomic E-state index is -0.0511. The van der Waals surface area contributed by atoms with Crippen LogP contribution in [0.25, 0.3) is 0 Å². The molecule has 1 N–H and O–H groups in total. The third-order valence-corrected chi connectivity index (χ3v) is 5.94. The van der Waals surface area contributed by atoms with E-state index < -0.39 is 0 Å². The van der Waals surface area contributed by atoms with Crippen LogP contribution in [0.3, 0.4) is 0 Å². The Kier molecular flexibility index (Phi) is 4.59. The molecular weight excluding hydrogens is 274 g/mol. The normalized spacial score (nSPS) is 37.0. The zero-order chi connectivity index (χ0) is 16.0. The highest BCUT2D eigenvalue weighted by Gasteiger charge is 2.46. The van der Waals surface area contributed by atoms with E-state index in [1.54, 1.807) is 0 Å². The van der Waals surface area contributed by atoms with Crippen LogP contribution in [0.5, 0.6) is 0 Å². The molecule has 4 heteroatoms. The number of nitrogens with one attached hydrogen (secondary N) is 1. The van der Waals surface area contributed by atoms with Crippen LogP contribution in [0, 0.1) is 0 Å². The molecule has 3 fully saturated rings. The van der Waals surface area contributed by atoms with E-state index in [-0.39, 0.29) is 11.2 Å². The van der Waals surface area contributed by atoms with Crippen LogP contribution < -0.4 is 5.32 Å². The Hall–Kier alpha value is -0.160. The molecule has 4 nitrogen and oxygen atoms in total. The summed E-state index contributed by atoms with van der Waals surface area (Å²) in [4.78, 5) is 5.20. The lowest BCUT2D eigenvalue weighted by atomic mass is 9.93. The van der Waals surface area contributed by atoms with Gasteiger partial charge in [0, 0.05) is 31.2 Å². The fourth-order valence-corrected chi connectivity index (χ4v) is 4.72. The third kappa shape index (κ3) is 3.66. The zero-order valence-electron chi connectivity index (χ0n) is 15.2. The van der Waals surface area contributed by atoms with E-state index in [2.05, 4.69) is 49.9 Å². The Labute approximate surface area is 136 Å². The SMILES string of the molecule is CN1CCC(N2CC[C@H](N[C@H]3CC(C)(C)OC3(C)C)C2)CC1. The molecule has 3 aliphatic heterocycles. The van der Waals surface area contributed by atoms with Gasteiger partial charge in [0.05, 0.1) is 11.2 Å². The molecule has 0 unspecified atom stereocenters. The van der Waals surface area contributed by atoms with Gasteiger partial charge in [0.1, 0.15) is 0 Å². The van der Waals surface area contributed by atoms with Gasteiger partial charge in [0.15, 0.2) is 0 Å². The molecule has 0 aromatic heterocycles. The van der Waals surface area contributed by atoms with Gasteiger partial charge in [-0.3, -0.25) is 4.90 Å². The molecular formula is C18H35N3O. The van der Waals surface area contributed by atoms with E-state index in [0.29, 0.717) is 12.1 Å². The zero-order valence-corrected chi connectivity index (χ0v) is 15.2. The van der Waals surface area contributed by atoms with Crippen LogP contribution in [0.15, 0.2) is 0 Å². The summed E-state index contributed by atoms with van der Waals surface area (Å²) in [6, 6.07) is 1.93. The van der Waals surface area contributed by atoms with E-state index in [9.17, 15) is 0 Å². The molecule has 0 aromatic rings. The average molecular weight is 309 g/mol. The molecule has 3 heterocycles. The molecule has 3 rings (SSSR count). The number of rotatable bonds is 3. The molecule has 3 aliphatic rings. The van der Waals surface area contributed by atoms with Crippen molar-refractivity contribution in [1.82, 2.24) is 15.1 Å². The van der Waals surface area contributed by atoms with Crippen molar-refractivity contribution in [2.45, 2.75) is 82.7 Å². The van der Waals surface area contributed by atoms with Crippen molar-refractivity contribution >= 4 is 0 Å². The number of hydrogen-bond acceptors (Lipinski definition) is 4. The smallest absolute Gasteiger partial charge is 0.0787 e. The van der Waals surface area contributed by atoms with Crippen LogP contribution >= 0.6 is 0 Å². The largest absolute Gasteiger partial charge is 0.368 e. The Morgan fingerprint density at radius 1 is 1.00 bits per heavy atom. The van der Waals surface area contributed by atoms with Crippen molar-refractivity contribution in [3.05, 3.63) is 0 Å². The van der Waals surface area contributed by atoms with Crippen molar-refractivity contribution in [1.29, 1.82) is 0 Å². The van der Waals surface area contributed by atoms with E-state index in [0.717, 1.165) is 12.5 Å². The Morgan fingerprint density at radius 2 is 1.68 bits per heavy atom. The highest BCUT2D eigenvalue weighted by molar-refractivity contribution is 5.01. The second-order valence-electron chi connectivity index (χ2n) is 8.90. The predicted octanol–water partition coefficient (Wildman–Crippen LogP) is 2.09. The van der Waals surface area contributed by atoms with Crippen LogP contribution in [0.4, 0.5) is 0 Å². The van der Waals surface area contributed by atoms with Crippen molar-refractivity contribution in [2.75, 3.05) is 33.2 Å². The van der Waals surface area contributed by atoms with Crippen molar-refractivity contribution in [3.8, 4) is 0 Å². The van der Waals surface area contributed by atoms with Gasteiger partial charge >= 0.3 is 0 Å². The second-order valence-corrected chi connectivity index (χ2v) is 8.90. The summed E-state index contributed by atoms with van der Waals surface area (Å²) in [5, 5.41) is 3.92. The topological polar surface area (TPSA) is 27.7 Å². The van der Waals surface area contributed by atoms with Gasteiger partial charge in [-0.25, -0.2) is 0 Å². The molecule has 22 heavy (non-hydrogen) atoms. The lowest BCUT2D eigenvalue weighted by molar-refractivity contribution is -0.0704. The van der Waals surface area contributed by atoms with Crippen molar-refractivity contribution in [3.63, 3.8) is 0 Å². The standard InChI is InChI=1S/C18H35N3O/c1-17(2)12-16(18(3,4)22-17)19-14-6-11-21(13-14)15-7-9-20(5)10-8-15/h14-16,19H,6-13H2,1-5H3/t14-,16-/m0/s1. The van der Waals surface area contributed by atoms with Crippen molar-refractivity contribution < 1.29 is 4.74 Å². The minimum Gasteiger partial charge on any atom is -0.368 e. The Bertz CT molecular complexity index is 388. The van der Waals surface area contributed by atoms with Crippen LogP contribution in [0.2, 0.25) is 0 Å². The van der Waals surface area contributed by atoms with E-state index >= 15 is 0 Å². The molecule has 128 valence electrons. The summed E-state index contributed by atoms with van der Waals surface area (Å²) in [5.74, 6) is 0. The maximum Gasteiger partial charge on any atom is 0.0787 e. The summed E-state index contributed by atoms with van der Waals surface area (Å²) in [6.07, 6.45) is 5.09. The maximum absolute atomic E-state index is 6.23. The Balaban J connectivity index is 1.51. The van der Waals surface area contributed by atoms with E-state index in [4.69, 9.17) is 4.74 Å². The van der Waals surface area contributed by atoms with E-state index in [1.165, 1.54) is 45.4 Å². The first kappa shape index (κ1) is 16.7. The fraction of sp³-hybridized carbons (Fsp3) is 1.00. The Morgan fingerprint density at radius 3 is 2.27 bits per heavy atom. The third-order valence-electron chi connectivity index (χ3n) is 5.94. The molecule has 0 spiro atoms. The van der Waals surface area contributed by atoms with Gasteiger partial charge in [-0.15, -0.1) is 0 Å². The first-order valence-corrected chi connectivity index (χ1v) is 9.14. The highest BCUT2D eigenvalue weighted by atomic mass is 16.5. The maximum atomic E-state index is 6.23. The first-order valence-electron chi connectivity index (χ1n) is 9.14. The van der Waals surface area contributed by atoms with Gasteiger partial charge in [0.2, 0.25) is 0 Å². The fourth-order valence-electron chi connectivity index (χ4n) is 4.72. The van der Waals surface area contributed by atoms with Crippen LogP contribution in [-0.2, 0) is 4.74 Å². The van der Waals surface area contributed by atoms with Crippen LogP contribution in [-0.4, -0.2) is 72.4 Å². The minimum absolute atomic E-state index is 0.00735. The molecule has 2 atom stereocenters. The van der Waals surface area contributed by atoms with Gasteiger partial charge in [-0.2, -0.15) is 0 Å². The molecule has 3 saturated heterocycles. The summed E-state index contributed by atoms with van der Waals surface area (Å²) in [5.41, 5.74) is -0.0438. The first-order chi connectivity index (χ1) is 10.3. The number of hydrogen-bond donors (Lipinski definition) is 1. The number of nitrogens with zero attached hydrogens (tertiary/aromatic N) is 2. The summed E-state index contributed by atoms with van der Waals surface area (Å²) < 4.78 is 6.23. The highest BCUT2D eigenvalue weighted by Crippen LogP contribution is 2.37. The van der Waals surface area contributed by atoms with Gasteiger partial charge < -0.3 is 15.0 Å². The van der Waals surface area contributed by atoms with Crippen LogP contribution in [0.1, 0.15) is 53.4 Å². The number of ether oxygens (including phenoxy) is 1. The molecule has 0 radical (unpaired) electrons. The number of piperidine rings is 1. The molecule has 0 saturated carbocycles. The number of likely N-dealkylation sites (tertiary alicyclic amines) is 2. The predicted molar refractivity (Wildman–Crippen MR) is 91.3 cm³/mol. The molecule has 0 amide bonds. The summed E-state index contributed by atoms with van der Waals surface area (Å²) in [6.45, 7) is 13.9. The average Bonchev–Trinajstić information content (AvgIpc) is 2.93. The monoisotopic (exact) mass is 309 g/mol. The lowest BCUT2D eigenvalue weighted by Crippen LogP contribution is -2.49. The van der Waals surface area contributed by atoms with Crippen molar-refractivity contribution in [2.24, 2.45) is 0 Å². The van der Waals surface area contributed by atoms with E-state index in [1.807, 2.05) is 0 Å². The lowest BCUT2D eigenvalue weighted by Gasteiger charge is -2.35. The summed E-state index contributed by atoms with van der Waals surface area (Å²) in [7, 11) is 2.24. The molecule has 0 bridgehead atoms. The molecule has 0 aliphatic carbocycles. The quantitative estimate of drug-likeness (QED) is 0.864. The van der Waals surface area contributed by atoms with Gasteiger partial charge in [-0.1, -0.05) is 0 Å². The summed E-state index contributed by atoms with van der Waals surface area (Å²) >= 11 is 0. The van der Waals surface area contributed by atoms with Gasteiger partial charge in [0.25, 0.3) is 0 Å².